The van der Waals surface area contributed by atoms with E-state index in [-0.39, 0.29) is 22.8 Å². The topological polar surface area (TPSA) is 73.6 Å². The molecule has 5 nitrogen and oxygen atoms in total. The molecule has 0 fully saturated rings. The van der Waals surface area contributed by atoms with Crippen molar-refractivity contribution in [3.63, 3.8) is 0 Å². The fraction of sp³-hybridized carbons (Fsp3) is 0.250. The Hall–Kier alpha value is -3.54. The Morgan fingerprint density at radius 3 is 2.33 bits per heavy atom. The van der Waals surface area contributed by atoms with Crippen molar-refractivity contribution in [2.45, 2.75) is 39.5 Å². The van der Waals surface area contributed by atoms with E-state index in [0.29, 0.717) is 56.6 Å². The number of nitrogens with one attached hydrogen (secondary N) is 1. The van der Waals surface area contributed by atoms with Gasteiger partial charge in [0.2, 0.25) is 0 Å². The lowest BCUT2D eigenvalue weighted by Gasteiger charge is -2.45. The lowest BCUT2D eigenvalue weighted by Crippen LogP contribution is -2.45. The molecule has 200 valence electrons. The van der Waals surface area contributed by atoms with Gasteiger partial charge < -0.3 is 9.84 Å². The molecule has 3 aromatic carbocycles. The molecular formula is C32H30Cl2N2O3. The Labute approximate surface area is 238 Å². The van der Waals surface area contributed by atoms with E-state index < -0.39 is 5.92 Å². The van der Waals surface area contributed by atoms with Crippen LogP contribution in [0.3, 0.4) is 0 Å². The van der Waals surface area contributed by atoms with Crippen molar-refractivity contribution < 1.29 is 14.6 Å². The molecule has 1 heterocycles. The fourth-order valence-corrected chi connectivity index (χ4v) is 6.06. The van der Waals surface area contributed by atoms with Crippen molar-refractivity contribution in [2.75, 3.05) is 12.0 Å². The number of hydrogen-bond acceptors (Lipinski definition) is 4. The second-order valence-electron chi connectivity index (χ2n) is 10.8. The summed E-state index contributed by atoms with van der Waals surface area (Å²) in [5, 5.41) is 22.4. The van der Waals surface area contributed by atoms with E-state index in [0.717, 1.165) is 11.3 Å². The molecule has 0 saturated carbocycles. The summed E-state index contributed by atoms with van der Waals surface area (Å²) in [6.45, 7) is 6.02. The van der Waals surface area contributed by atoms with E-state index in [9.17, 15) is 15.3 Å². The average molecular weight is 562 g/mol. The number of amidine groups is 1. The van der Waals surface area contributed by atoms with E-state index >= 15 is 0 Å². The predicted molar refractivity (Wildman–Crippen MR) is 158 cm³/mol. The number of methoxy groups -OCH3 is 1. The average Bonchev–Trinajstić information content (AvgIpc) is 2.89. The second kappa shape index (κ2) is 10.2. The summed E-state index contributed by atoms with van der Waals surface area (Å²) in [6, 6.07) is 19.8. The Kier molecular flexibility index (Phi) is 7.08. The molecule has 1 atom stereocenters. The van der Waals surface area contributed by atoms with E-state index in [1.54, 1.807) is 48.4 Å². The number of hydrogen-bond donors (Lipinski definition) is 2. The van der Waals surface area contributed by atoms with Crippen molar-refractivity contribution in [1.29, 1.82) is 5.41 Å². The van der Waals surface area contributed by atoms with Gasteiger partial charge in [-0.25, -0.2) is 0 Å². The summed E-state index contributed by atoms with van der Waals surface area (Å²) < 4.78 is 5.29. The van der Waals surface area contributed by atoms with Crippen LogP contribution in [0, 0.1) is 17.7 Å². The zero-order valence-electron chi connectivity index (χ0n) is 22.3. The van der Waals surface area contributed by atoms with Gasteiger partial charge in [-0.05, 0) is 72.4 Å². The molecule has 0 spiro atoms. The van der Waals surface area contributed by atoms with Gasteiger partial charge in [0.1, 0.15) is 17.3 Å². The minimum absolute atomic E-state index is 0.0246. The van der Waals surface area contributed by atoms with Gasteiger partial charge >= 0.3 is 0 Å². The number of carbonyl (C=O) groups excluding carboxylic acids is 1. The maximum atomic E-state index is 14.0. The van der Waals surface area contributed by atoms with E-state index in [2.05, 4.69) is 13.8 Å². The first kappa shape index (κ1) is 27.0. The van der Waals surface area contributed by atoms with Crippen LogP contribution >= 0.6 is 23.2 Å². The summed E-state index contributed by atoms with van der Waals surface area (Å²) >= 11 is 13.3. The first-order valence-electron chi connectivity index (χ1n) is 12.8. The predicted octanol–water partition coefficient (Wildman–Crippen LogP) is 8.50. The van der Waals surface area contributed by atoms with Crippen molar-refractivity contribution in [1.82, 2.24) is 0 Å². The van der Waals surface area contributed by atoms with Crippen molar-refractivity contribution in [3.05, 3.63) is 110 Å². The SMILES string of the molecule is COc1ccc(/C(O)=C2\C(=N)N(c3cccc(Cl)c3C)C3=C(C(=O)CC(C)(C)C3)C2c2ccccc2Cl)cc1. The summed E-state index contributed by atoms with van der Waals surface area (Å²) in [4.78, 5) is 15.8. The number of benzene rings is 3. The Balaban J connectivity index is 1.88. The maximum absolute atomic E-state index is 14.0. The number of anilines is 1. The molecule has 0 radical (unpaired) electrons. The van der Waals surface area contributed by atoms with Crippen LogP contribution in [0.1, 0.15) is 49.3 Å². The normalized spacial score (nSPS) is 20.2. The third-order valence-corrected chi connectivity index (χ3v) is 8.29. The van der Waals surface area contributed by atoms with Crippen LogP contribution in [0.5, 0.6) is 5.75 Å². The summed E-state index contributed by atoms with van der Waals surface area (Å²) in [6.07, 6.45) is 0.916. The molecule has 0 bridgehead atoms. The lowest BCUT2D eigenvalue weighted by atomic mass is 9.67. The number of nitrogens with zero attached hydrogens (tertiary/aromatic N) is 1. The number of carbonyl (C=O) groups is 1. The Bertz CT molecular complexity index is 1550. The number of ether oxygens (including phenoxy) is 1. The highest BCUT2D eigenvalue weighted by molar-refractivity contribution is 6.32. The number of aliphatic hydroxyl groups is 1. The highest BCUT2D eigenvalue weighted by Gasteiger charge is 2.47. The van der Waals surface area contributed by atoms with Gasteiger partial charge in [0, 0.05) is 44.8 Å². The molecule has 0 aromatic heterocycles. The van der Waals surface area contributed by atoms with Crippen LogP contribution in [-0.2, 0) is 4.79 Å². The summed E-state index contributed by atoms with van der Waals surface area (Å²) in [5.74, 6) is -0.126. The van der Waals surface area contributed by atoms with Gasteiger partial charge in [-0.3, -0.25) is 15.1 Å². The van der Waals surface area contributed by atoms with Crippen LogP contribution in [0.4, 0.5) is 5.69 Å². The molecule has 5 rings (SSSR count). The van der Waals surface area contributed by atoms with Crippen LogP contribution in [0.2, 0.25) is 10.0 Å². The highest BCUT2D eigenvalue weighted by Crippen LogP contribution is 2.52. The highest BCUT2D eigenvalue weighted by atomic mass is 35.5. The van der Waals surface area contributed by atoms with Gasteiger partial charge in [0.25, 0.3) is 0 Å². The van der Waals surface area contributed by atoms with Crippen LogP contribution in [-0.4, -0.2) is 23.8 Å². The third-order valence-electron chi connectivity index (χ3n) is 7.54. The first-order valence-corrected chi connectivity index (χ1v) is 13.5. The number of halogens is 2. The number of ketones is 1. The zero-order chi connectivity index (χ0) is 28.1. The number of aliphatic hydroxyl groups excluding tert-OH is 1. The van der Waals surface area contributed by atoms with E-state index in [4.69, 9.17) is 27.9 Å². The van der Waals surface area contributed by atoms with Crippen molar-refractivity contribution in [3.8, 4) is 5.75 Å². The van der Waals surface area contributed by atoms with Gasteiger partial charge in [0.15, 0.2) is 5.78 Å². The van der Waals surface area contributed by atoms with Crippen molar-refractivity contribution in [2.24, 2.45) is 5.41 Å². The first-order chi connectivity index (χ1) is 18.5. The molecule has 2 N–H and O–H groups in total. The lowest BCUT2D eigenvalue weighted by molar-refractivity contribution is -0.118. The minimum atomic E-state index is -0.720. The van der Waals surface area contributed by atoms with E-state index in [1.807, 2.05) is 37.3 Å². The van der Waals surface area contributed by atoms with Crippen LogP contribution < -0.4 is 9.64 Å². The van der Waals surface area contributed by atoms with E-state index in [1.165, 1.54) is 0 Å². The number of allylic oxidation sites excluding steroid dienone is 2. The Morgan fingerprint density at radius 1 is 1.00 bits per heavy atom. The quantitative estimate of drug-likeness (QED) is 0.313. The van der Waals surface area contributed by atoms with Crippen molar-refractivity contribution >= 4 is 46.3 Å². The largest absolute Gasteiger partial charge is 0.507 e. The second-order valence-corrected chi connectivity index (χ2v) is 11.6. The Morgan fingerprint density at radius 2 is 1.67 bits per heavy atom. The van der Waals surface area contributed by atoms with Gasteiger partial charge in [-0.15, -0.1) is 0 Å². The maximum Gasteiger partial charge on any atom is 0.162 e. The standard InChI is InChI=1S/C32H30Cl2N2O3/c1-18-22(33)10-7-11-24(18)36-25-16-32(2,3)17-26(37)28(25)27(21-8-5-6-9-23(21)34)29(31(36)35)30(38)19-12-14-20(39-4)15-13-19/h5-15,27,35,38H,16-17H2,1-4H3/b30-29+,35-31?. The minimum Gasteiger partial charge on any atom is -0.507 e. The van der Waals surface area contributed by atoms with Crippen LogP contribution in [0.15, 0.2) is 83.6 Å². The fourth-order valence-electron chi connectivity index (χ4n) is 5.64. The zero-order valence-corrected chi connectivity index (χ0v) is 23.8. The van der Waals surface area contributed by atoms with Gasteiger partial charge in [-0.2, -0.15) is 0 Å². The van der Waals surface area contributed by atoms with Gasteiger partial charge in [-0.1, -0.05) is 61.3 Å². The molecule has 0 amide bonds. The molecule has 3 aromatic rings. The molecule has 2 aliphatic rings. The molecular weight excluding hydrogens is 531 g/mol. The molecule has 1 unspecified atom stereocenters. The molecule has 7 heteroatoms. The number of rotatable bonds is 4. The summed E-state index contributed by atoms with van der Waals surface area (Å²) in [5.41, 5.74) is 3.93. The van der Waals surface area contributed by atoms with Gasteiger partial charge in [0.05, 0.1) is 12.8 Å². The third kappa shape index (κ3) is 4.75. The smallest absolute Gasteiger partial charge is 0.162 e. The number of Topliss-reactive ketones (excluding diaryl/α,β-unsaturated/α-hetero) is 1. The monoisotopic (exact) mass is 560 g/mol. The molecule has 1 aliphatic heterocycles. The summed E-state index contributed by atoms with van der Waals surface area (Å²) in [7, 11) is 1.58. The molecule has 39 heavy (non-hydrogen) atoms. The van der Waals surface area contributed by atoms with Crippen LogP contribution in [0.25, 0.3) is 5.76 Å². The molecule has 1 aliphatic carbocycles. The molecule has 0 saturated heterocycles.